The zero-order valence-electron chi connectivity index (χ0n) is 20.9. The smallest absolute Gasteiger partial charge is 0.416 e. The van der Waals surface area contributed by atoms with Crippen molar-refractivity contribution in [2.24, 2.45) is 5.41 Å². The first-order valence-corrected chi connectivity index (χ1v) is 13.5. The van der Waals surface area contributed by atoms with Crippen LogP contribution in [0.4, 0.5) is 13.2 Å². The number of alkyl halides is 3. The van der Waals surface area contributed by atoms with Gasteiger partial charge in [0.2, 0.25) is 0 Å². The maximum Gasteiger partial charge on any atom is 0.416 e. The normalized spacial score (nSPS) is 12.8. The van der Waals surface area contributed by atoms with E-state index in [0.29, 0.717) is 21.7 Å². The molecule has 200 valence electrons. The van der Waals surface area contributed by atoms with Gasteiger partial charge in [0.25, 0.3) is 0 Å². The minimum absolute atomic E-state index is 0.106. The van der Waals surface area contributed by atoms with Crippen LogP contribution >= 0.6 is 11.6 Å². The second kappa shape index (κ2) is 10.7. The van der Waals surface area contributed by atoms with Crippen molar-refractivity contribution in [2.45, 2.75) is 37.9 Å². The molecule has 38 heavy (non-hydrogen) atoms. The molecule has 0 spiro atoms. The van der Waals surface area contributed by atoms with Crippen LogP contribution in [0.3, 0.4) is 0 Å². The predicted octanol–water partition coefficient (Wildman–Crippen LogP) is 6.71. The Labute approximate surface area is 224 Å². The summed E-state index contributed by atoms with van der Waals surface area (Å²) >= 11 is 6.11. The summed E-state index contributed by atoms with van der Waals surface area (Å²) in [6, 6.07) is 13.1. The average Bonchev–Trinajstić information content (AvgIpc) is 2.80. The van der Waals surface area contributed by atoms with E-state index in [2.05, 4.69) is 11.8 Å². The highest BCUT2D eigenvalue weighted by molar-refractivity contribution is 7.90. The lowest BCUT2D eigenvalue weighted by Crippen LogP contribution is -2.39. The summed E-state index contributed by atoms with van der Waals surface area (Å²) in [6.45, 7) is 5.16. The van der Waals surface area contributed by atoms with Gasteiger partial charge in [-0.25, -0.2) is 13.2 Å². The van der Waals surface area contributed by atoms with E-state index >= 15 is 0 Å². The van der Waals surface area contributed by atoms with Gasteiger partial charge in [-0.3, -0.25) is 0 Å². The van der Waals surface area contributed by atoms with Gasteiger partial charge in [-0.2, -0.15) is 13.2 Å². The first kappa shape index (κ1) is 29.1. The maximum absolute atomic E-state index is 12.9. The van der Waals surface area contributed by atoms with E-state index in [9.17, 15) is 31.5 Å². The summed E-state index contributed by atoms with van der Waals surface area (Å²) in [5.74, 6) is 4.74. The van der Waals surface area contributed by atoms with Gasteiger partial charge in [0.15, 0.2) is 15.9 Å². The number of ether oxygens (including phenoxy) is 1. The molecule has 0 aliphatic rings. The van der Waals surface area contributed by atoms with Gasteiger partial charge in [-0.15, -0.1) is 0 Å². The molecule has 3 aromatic carbocycles. The molecule has 3 aromatic rings. The average molecular weight is 565 g/mol. The molecule has 0 radical (unpaired) electrons. The van der Waals surface area contributed by atoms with Crippen LogP contribution in [0.25, 0.3) is 11.1 Å². The molecule has 0 aliphatic carbocycles. The molecule has 0 heterocycles. The molecule has 0 saturated heterocycles. The fourth-order valence-corrected chi connectivity index (χ4v) is 4.65. The van der Waals surface area contributed by atoms with Gasteiger partial charge < -0.3 is 9.84 Å². The highest BCUT2D eigenvalue weighted by Crippen LogP contribution is 2.34. The Morgan fingerprint density at radius 1 is 0.974 bits per heavy atom. The van der Waals surface area contributed by atoms with Gasteiger partial charge in [-0.05, 0) is 48.0 Å². The Balaban J connectivity index is 2.05. The summed E-state index contributed by atoms with van der Waals surface area (Å²) in [7, 11) is -3.78. The molecule has 3 rings (SSSR count). The van der Waals surface area contributed by atoms with Gasteiger partial charge in [-0.1, -0.05) is 62.4 Å². The molecule has 0 aromatic heterocycles. The van der Waals surface area contributed by atoms with Crippen LogP contribution in [-0.2, 0) is 20.8 Å². The van der Waals surface area contributed by atoms with E-state index in [1.807, 2.05) is 0 Å². The number of rotatable bonds is 5. The van der Waals surface area contributed by atoms with Crippen LogP contribution in [-0.4, -0.2) is 31.9 Å². The van der Waals surface area contributed by atoms with Crippen molar-refractivity contribution in [3.05, 3.63) is 82.4 Å². The molecule has 1 unspecified atom stereocenters. The minimum atomic E-state index is -4.52. The van der Waals surface area contributed by atoms with Gasteiger partial charge in [0.1, 0.15) is 5.75 Å². The van der Waals surface area contributed by atoms with Crippen molar-refractivity contribution >= 4 is 27.4 Å². The van der Waals surface area contributed by atoms with Crippen LogP contribution in [0.1, 0.15) is 37.5 Å². The molecule has 0 fully saturated rings. The number of carboxylic acids is 1. The second-order valence-electron chi connectivity index (χ2n) is 9.65. The van der Waals surface area contributed by atoms with Crippen LogP contribution < -0.4 is 4.74 Å². The summed E-state index contributed by atoms with van der Waals surface area (Å²) in [4.78, 5) is 11.7. The van der Waals surface area contributed by atoms with E-state index in [0.717, 1.165) is 18.4 Å². The molecule has 0 amide bonds. The topological polar surface area (TPSA) is 80.7 Å². The number of sulfone groups is 1. The van der Waals surface area contributed by atoms with Crippen molar-refractivity contribution in [1.82, 2.24) is 0 Å². The van der Waals surface area contributed by atoms with E-state index in [-0.39, 0.29) is 16.2 Å². The summed E-state index contributed by atoms with van der Waals surface area (Å²) in [5.41, 5.74) is -0.452. The third-order valence-electron chi connectivity index (χ3n) is 5.44. The molecule has 0 aliphatic heterocycles. The number of benzene rings is 3. The van der Waals surface area contributed by atoms with Crippen molar-refractivity contribution in [3.63, 3.8) is 0 Å². The molecular weight excluding hydrogens is 541 g/mol. The van der Waals surface area contributed by atoms with E-state index in [1.165, 1.54) is 48.5 Å². The minimum Gasteiger partial charge on any atom is -0.478 e. The number of carboxylic acid groups (broad SMARTS) is 1. The first-order chi connectivity index (χ1) is 17.5. The lowest BCUT2D eigenvalue weighted by Gasteiger charge is -2.28. The zero-order valence-corrected chi connectivity index (χ0v) is 22.4. The van der Waals surface area contributed by atoms with Crippen molar-refractivity contribution in [2.75, 3.05) is 6.26 Å². The monoisotopic (exact) mass is 564 g/mol. The molecule has 1 N–H and O–H groups in total. The zero-order chi connectivity index (χ0) is 28.5. The number of carbonyl (C=O) groups is 1. The lowest BCUT2D eigenvalue weighted by molar-refractivity contribution is -0.150. The Hall–Kier alpha value is -3.48. The van der Waals surface area contributed by atoms with Gasteiger partial charge >= 0.3 is 12.1 Å². The highest BCUT2D eigenvalue weighted by Gasteiger charge is 2.34. The first-order valence-electron chi connectivity index (χ1n) is 11.2. The number of halogens is 4. The Kier molecular flexibility index (Phi) is 8.20. The van der Waals surface area contributed by atoms with Crippen LogP contribution in [0.5, 0.6) is 5.75 Å². The quantitative estimate of drug-likeness (QED) is 0.348. The molecule has 1 atom stereocenters. The van der Waals surface area contributed by atoms with Gasteiger partial charge in [0, 0.05) is 27.8 Å². The Bertz CT molecular complexity index is 1530. The molecule has 0 saturated carbocycles. The fourth-order valence-electron chi connectivity index (χ4n) is 3.55. The van der Waals surface area contributed by atoms with Crippen molar-refractivity contribution in [3.8, 4) is 28.7 Å². The number of hydrogen-bond donors (Lipinski definition) is 1. The fraction of sp³-hybridized carbons (Fsp3) is 0.250. The second-order valence-corrected chi connectivity index (χ2v) is 12.1. The summed E-state index contributed by atoms with van der Waals surface area (Å²) in [6.07, 6.45) is -4.70. The third kappa shape index (κ3) is 7.09. The van der Waals surface area contributed by atoms with Crippen molar-refractivity contribution in [1.29, 1.82) is 0 Å². The van der Waals surface area contributed by atoms with Crippen LogP contribution in [0.2, 0.25) is 5.02 Å². The third-order valence-corrected chi connectivity index (χ3v) is 6.81. The largest absolute Gasteiger partial charge is 0.478 e. The standard InChI is InChI=1S/C28H24ClF3O5S/c1-27(2,3)25(26(33)34)37-23-14-12-21(29)16-19(23)7-5-17-6-13-22(24(15-17)38(4,35)36)18-8-10-20(11-9-18)28(30,31)32/h6,8-16,25H,1-4H3,(H,33,34). The highest BCUT2D eigenvalue weighted by atomic mass is 35.5. The lowest BCUT2D eigenvalue weighted by atomic mass is 9.89. The molecule has 0 bridgehead atoms. The SMILES string of the molecule is CC(C)(C)C(Oc1ccc(Cl)cc1C#Cc1ccc(-c2ccc(C(F)(F)F)cc2)c(S(C)(=O)=O)c1)C(=O)O. The Morgan fingerprint density at radius 2 is 1.61 bits per heavy atom. The molecule has 5 nitrogen and oxygen atoms in total. The van der Waals surface area contributed by atoms with Crippen LogP contribution in [0, 0.1) is 17.3 Å². The molecule has 10 heteroatoms. The van der Waals surface area contributed by atoms with E-state index in [4.69, 9.17) is 16.3 Å². The summed E-state index contributed by atoms with van der Waals surface area (Å²) in [5, 5.41) is 9.94. The number of aliphatic carboxylic acids is 1. The van der Waals surface area contributed by atoms with E-state index < -0.39 is 39.1 Å². The van der Waals surface area contributed by atoms with Crippen molar-refractivity contribution < 1.29 is 36.2 Å². The van der Waals surface area contributed by atoms with E-state index in [1.54, 1.807) is 20.8 Å². The predicted molar refractivity (Wildman–Crippen MR) is 139 cm³/mol. The Morgan fingerprint density at radius 3 is 2.13 bits per heavy atom. The van der Waals surface area contributed by atoms with Gasteiger partial charge in [0.05, 0.1) is 16.0 Å². The maximum atomic E-state index is 12.9. The molecular formula is C28H24ClF3O5S. The number of hydrogen-bond acceptors (Lipinski definition) is 4. The van der Waals surface area contributed by atoms with Crippen LogP contribution in [0.15, 0.2) is 65.6 Å². The summed E-state index contributed by atoms with van der Waals surface area (Å²) < 4.78 is 69.6.